The van der Waals surface area contributed by atoms with Gasteiger partial charge in [0.05, 0.1) is 24.0 Å². The van der Waals surface area contributed by atoms with Gasteiger partial charge in [0.25, 0.3) is 5.91 Å². The molecule has 3 N–H and O–H groups in total. The zero-order chi connectivity index (χ0) is 14.0. The van der Waals surface area contributed by atoms with E-state index in [2.05, 4.69) is 5.10 Å². The van der Waals surface area contributed by atoms with E-state index in [0.29, 0.717) is 24.3 Å². The van der Waals surface area contributed by atoms with Gasteiger partial charge in [-0.1, -0.05) is 6.92 Å². The molecule has 0 aromatic carbocycles. The zero-order valence-electron chi connectivity index (χ0n) is 11.6. The van der Waals surface area contributed by atoms with Crippen molar-refractivity contribution in [3.8, 4) is 0 Å². The van der Waals surface area contributed by atoms with Crippen LogP contribution in [-0.4, -0.2) is 44.9 Å². The van der Waals surface area contributed by atoms with Crippen LogP contribution in [0.3, 0.4) is 0 Å². The number of piperidine rings is 1. The minimum atomic E-state index is -0.119. The topological polar surface area (TPSA) is 84.4 Å². The summed E-state index contributed by atoms with van der Waals surface area (Å²) in [6, 6.07) is -0.0966. The third-order valence-electron chi connectivity index (χ3n) is 3.80. The van der Waals surface area contributed by atoms with E-state index in [0.717, 1.165) is 25.0 Å². The Kier molecular flexibility index (Phi) is 4.09. The summed E-state index contributed by atoms with van der Waals surface area (Å²) in [5.41, 5.74) is 7.68. The molecule has 1 saturated heterocycles. The van der Waals surface area contributed by atoms with Crippen LogP contribution in [0.1, 0.15) is 42.4 Å². The highest BCUT2D eigenvalue weighted by Crippen LogP contribution is 2.23. The summed E-state index contributed by atoms with van der Waals surface area (Å²) in [5.74, 6) is -0.119. The van der Waals surface area contributed by atoms with E-state index < -0.39 is 0 Å². The second-order valence-corrected chi connectivity index (χ2v) is 5.02. The molecule has 0 spiro atoms. The number of rotatable bonds is 3. The average molecular weight is 266 g/mol. The van der Waals surface area contributed by atoms with Crippen LogP contribution < -0.4 is 5.73 Å². The number of nitrogens with zero attached hydrogens (tertiary/aromatic N) is 3. The van der Waals surface area contributed by atoms with Crippen molar-refractivity contribution in [2.75, 3.05) is 18.9 Å². The summed E-state index contributed by atoms with van der Waals surface area (Å²) in [6.07, 6.45) is 3.58. The lowest BCUT2D eigenvalue weighted by Gasteiger charge is -2.34. The molecule has 1 atom stereocenters. The predicted octanol–water partition coefficient (Wildman–Crippen LogP) is 0.552. The standard InChI is InChI=1S/C13H22N4O2/c1-3-10-11(14)12(16(2)15-10)13(19)17-7-5-4-6-9(17)8-18/h9,18H,3-8,14H2,1-2H3. The molecule has 2 heterocycles. The maximum Gasteiger partial charge on any atom is 0.274 e. The maximum atomic E-state index is 12.6. The van der Waals surface area contributed by atoms with Crippen molar-refractivity contribution in [1.29, 1.82) is 0 Å². The Morgan fingerprint density at radius 2 is 2.26 bits per heavy atom. The van der Waals surface area contributed by atoms with Gasteiger partial charge in [0.2, 0.25) is 0 Å². The van der Waals surface area contributed by atoms with Gasteiger partial charge in [-0.05, 0) is 25.7 Å². The van der Waals surface area contributed by atoms with Gasteiger partial charge in [0.1, 0.15) is 5.69 Å². The van der Waals surface area contributed by atoms with E-state index >= 15 is 0 Å². The SMILES string of the molecule is CCc1nn(C)c(C(=O)N2CCCCC2CO)c1N. The monoisotopic (exact) mass is 266 g/mol. The first-order valence-electron chi connectivity index (χ1n) is 6.83. The predicted molar refractivity (Wildman–Crippen MR) is 72.8 cm³/mol. The molecule has 2 rings (SSSR count). The van der Waals surface area contributed by atoms with Crippen LogP contribution in [-0.2, 0) is 13.5 Å². The largest absolute Gasteiger partial charge is 0.395 e. The van der Waals surface area contributed by atoms with E-state index in [4.69, 9.17) is 5.73 Å². The van der Waals surface area contributed by atoms with Crippen molar-refractivity contribution in [2.45, 2.75) is 38.6 Å². The van der Waals surface area contributed by atoms with Crippen LogP contribution in [0.25, 0.3) is 0 Å². The highest BCUT2D eigenvalue weighted by atomic mass is 16.3. The number of aliphatic hydroxyl groups excluding tert-OH is 1. The lowest BCUT2D eigenvalue weighted by molar-refractivity contribution is 0.0493. The highest BCUT2D eigenvalue weighted by molar-refractivity contribution is 5.98. The quantitative estimate of drug-likeness (QED) is 0.837. The Hall–Kier alpha value is -1.56. The normalized spacial score (nSPS) is 19.7. The van der Waals surface area contributed by atoms with Crippen LogP contribution in [0.5, 0.6) is 0 Å². The number of likely N-dealkylation sites (tertiary alicyclic amines) is 1. The molecule has 0 radical (unpaired) electrons. The molecule has 1 aromatic heterocycles. The van der Waals surface area contributed by atoms with Crippen LogP contribution in [0.2, 0.25) is 0 Å². The van der Waals surface area contributed by atoms with E-state index in [-0.39, 0.29) is 18.6 Å². The van der Waals surface area contributed by atoms with Crippen LogP contribution >= 0.6 is 0 Å². The third-order valence-corrected chi connectivity index (χ3v) is 3.80. The van der Waals surface area contributed by atoms with E-state index in [1.54, 1.807) is 16.6 Å². The molecular formula is C13H22N4O2. The highest BCUT2D eigenvalue weighted by Gasteiger charge is 2.30. The number of carbonyl (C=O) groups excluding carboxylic acids is 1. The summed E-state index contributed by atoms with van der Waals surface area (Å²) < 4.78 is 1.56. The lowest BCUT2D eigenvalue weighted by atomic mass is 10.0. The number of anilines is 1. The number of aliphatic hydroxyl groups is 1. The first-order valence-corrected chi connectivity index (χ1v) is 6.83. The van der Waals surface area contributed by atoms with E-state index in [1.807, 2.05) is 6.92 Å². The molecule has 1 aliphatic heterocycles. The van der Waals surface area contributed by atoms with Gasteiger partial charge < -0.3 is 15.7 Å². The molecule has 19 heavy (non-hydrogen) atoms. The Morgan fingerprint density at radius 1 is 1.53 bits per heavy atom. The first kappa shape index (κ1) is 13.9. The van der Waals surface area contributed by atoms with Crippen LogP contribution in [0.4, 0.5) is 5.69 Å². The smallest absolute Gasteiger partial charge is 0.274 e. The molecule has 1 fully saturated rings. The van der Waals surface area contributed by atoms with Crippen molar-refractivity contribution in [3.63, 3.8) is 0 Å². The maximum absolute atomic E-state index is 12.6. The molecule has 6 nitrogen and oxygen atoms in total. The number of hydrogen-bond donors (Lipinski definition) is 2. The molecular weight excluding hydrogens is 244 g/mol. The fourth-order valence-corrected chi connectivity index (χ4v) is 2.70. The molecule has 1 amide bonds. The molecule has 0 bridgehead atoms. The summed E-state index contributed by atoms with van der Waals surface area (Å²) in [4.78, 5) is 14.3. The van der Waals surface area contributed by atoms with Crippen LogP contribution in [0.15, 0.2) is 0 Å². The Balaban J connectivity index is 2.30. The molecule has 0 saturated carbocycles. The average Bonchev–Trinajstić information content (AvgIpc) is 2.72. The first-order chi connectivity index (χ1) is 9.10. The minimum absolute atomic E-state index is 0.00410. The van der Waals surface area contributed by atoms with Gasteiger partial charge in [-0.3, -0.25) is 9.48 Å². The molecule has 106 valence electrons. The van der Waals surface area contributed by atoms with Crippen molar-refractivity contribution in [2.24, 2.45) is 7.05 Å². The van der Waals surface area contributed by atoms with Crippen molar-refractivity contribution in [3.05, 3.63) is 11.4 Å². The van der Waals surface area contributed by atoms with Crippen LogP contribution in [0, 0.1) is 0 Å². The number of nitrogen functional groups attached to an aromatic ring is 1. The summed E-state index contributed by atoms with van der Waals surface area (Å²) >= 11 is 0. The Bertz CT molecular complexity index is 469. The van der Waals surface area contributed by atoms with Crippen molar-refractivity contribution in [1.82, 2.24) is 14.7 Å². The summed E-state index contributed by atoms with van der Waals surface area (Å²) in [6.45, 7) is 2.64. The van der Waals surface area contributed by atoms with Gasteiger partial charge >= 0.3 is 0 Å². The number of aryl methyl sites for hydroxylation is 2. The molecule has 0 aliphatic carbocycles. The van der Waals surface area contributed by atoms with Crippen molar-refractivity contribution < 1.29 is 9.90 Å². The Labute approximate surface area is 113 Å². The summed E-state index contributed by atoms with van der Waals surface area (Å²) in [7, 11) is 1.74. The van der Waals surface area contributed by atoms with Crippen molar-refractivity contribution >= 4 is 11.6 Å². The fraction of sp³-hybridized carbons (Fsp3) is 0.692. The number of hydrogen-bond acceptors (Lipinski definition) is 4. The Morgan fingerprint density at radius 3 is 2.84 bits per heavy atom. The number of amides is 1. The molecule has 1 aromatic rings. The molecule has 1 unspecified atom stereocenters. The molecule has 1 aliphatic rings. The van der Waals surface area contributed by atoms with E-state index in [1.165, 1.54) is 0 Å². The van der Waals surface area contributed by atoms with E-state index in [9.17, 15) is 9.90 Å². The summed E-state index contributed by atoms with van der Waals surface area (Å²) in [5, 5.41) is 13.7. The van der Waals surface area contributed by atoms with Gasteiger partial charge in [-0.15, -0.1) is 0 Å². The second kappa shape index (κ2) is 5.61. The number of aromatic nitrogens is 2. The molecule has 6 heteroatoms. The lowest BCUT2D eigenvalue weighted by Crippen LogP contribution is -2.46. The minimum Gasteiger partial charge on any atom is -0.395 e. The second-order valence-electron chi connectivity index (χ2n) is 5.02. The zero-order valence-corrected chi connectivity index (χ0v) is 11.6. The van der Waals surface area contributed by atoms with Gasteiger partial charge in [0, 0.05) is 13.6 Å². The number of nitrogens with two attached hydrogens (primary N) is 1. The van der Waals surface area contributed by atoms with Gasteiger partial charge in [-0.2, -0.15) is 5.10 Å². The fourth-order valence-electron chi connectivity index (χ4n) is 2.70. The number of carbonyl (C=O) groups is 1. The third kappa shape index (κ3) is 2.45. The van der Waals surface area contributed by atoms with Gasteiger partial charge in [0.15, 0.2) is 0 Å². The van der Waals surface area contributed by atoms with Gasteiger partial charge in [-0.25, -0.2) is 0 Å².